The molecule has 0 spiro atoms. The summed E-state index contributed by atoms with van der Waals surface area (Å²) in [4.78, 5) is 17.6. The molecule has 11 heteroatoms. The van der Waals surface area contributed by atoms with Gasteiger partial charge in [0.1, 0.15) is 0 Å². The van der Waals surface area contributed by atoms with Gasteiger partial charge in [-0.2, -0.15) is 5.10 Å². The molecule has 0 aromatic carbocycles. The van der Waals surface area contributed by atoms with Crippen molar-refractivity contribution in [3.8, 4) is 0 Å². The Morgan fingerprint density at radius 3 is 2.78 bits per heavy atom. The van der Waals surface area contributed by atoms with E-state index in [4.69, 9.17) is 4.74 Å². The number of rotatable bonds is 7. The zero-order valence-electron chi connectivity index (χ0n) is 21.4. The number of anilines is 3. The summed E-state index contributed by atoms with van der Waals surface area (Å²) in [7, 11) is 0. The van der Waals surface area contributed by atoms with Crippen LogP contribution in [0.5, 0.6) is 0 Å². The van der Waals surface area contributed by atoms with Crippen molar-refractivity contribution < 1.29 is 9.53 Å². The van der Waals surface area contributed by atoms with E-state index in [9.17, 15) is 4.79 Å². The Morgan fingerprint density at radius 2 is 1.97 bits per heavy atom. The van der Waals surface area contributed by atoms with Gasteiger partial charge in [-0.05, 0) is 56.1 Å². The highest BCUT2D eigenvalue weighted by Gasteiger charge is 2.32. The molecule has 3 aliphatic rings. The minimum Gasteiger partial charge on any atom is -0.376 e. The molecule has 1 amide bonds. The first-order chi connectivity index (χ1) is 17.4. The fourth-order valence-corrected chi connectivity index (χ4v) is 6.30. The Kier molecular flexibility index (Phi) is 7.97. The number of hydrogen-bond acceptors (Lipinski definition) is 10. The van der Waals surface area contributed by atoms with Gasteiger partial charge in [0.15, 0.2) is 5.82 Å². The molecule has 0 radical (unpaired) electrons. The molecule has 196 valence electrons. The summed E-state index contributed by atoms with van der Waals surface area (Å²) in [5.41, 5.74) is 0.460. The minimum atomic E-state index is -0.0847. The normalized spacial score (nSPS) is 25.4. The third kappa shape index (κ3) is 6.68. The maximum absolute atomic E-state index is 12.8. The summed E-state index contributed by atoms with van der Waals surface area (Å²) < 4.78 is 6.05. The zero-order chi connectivity index (χ0) is 25.0. The Bertz CT molecular complexity index is 993. The number of nitrogens with zero attached hydrogens (tertiary/aromatic N) is 6. The van der Waals surface area contributed by atoms with Crippen LogP contribution in [-0.4, -0.2) is 82.2 Å². The van der Waals surface area contributed by atoms with E-state index in [0.717, 1.165) is 44.8 Å². The van der Waals surface area contributed by atoms with Crippen LogP contribution in [0.2, 0.25) is 0 Å². The first-order valence-electron chi connectivity index (χ1n) is 13.2. The fraction of sp³-hybridized carbons (Fsp3) is 0.720. The number of aromatic nitrogens is 4. The smallest absolute Gasteiger partial charge is 0.228 e. The van der Waals surface area contributed by atoms with Gasteiger partial charge in [0.05, 0.1) is 12.5 Å². The molecule has 4 heterocycles. The van der Waals surface area contributed by atoms with Crippen molar-refractivity contribution >= 4 is 33.3 Å². The summed E-state index contributed by atoms with van der Waals surface area (Å²) in [5, 5.41) is 24.2. The molecule has 2 aromatic rings. The van der Waals surface area contributed by atoms with E-state index in [1.807, 2.05) is 12.1 Å². The lowest BCUT2D eigenvalue weighted by Crippen LogP contribution is -2.43. The number of carbonyl (C=O) groups is 1. The van der Waals surface area contributed by atoms with Crippen LogP contribution in [0, 0.1) is 5.41 Å². The summed E-state index contributed by atoms with van der Waals surface area (Å²) >= 11 is 1.37. The van der Waals surface area contributed by atoms with E-state index < -0.39 is 0 Å². The molecular formula is C25H38N8O2S. The van der Waals surface area contributed by atoms with Gasteiger partial charge in [0.25, 0.3) is 0 Å². The van der Waals surface area contributed by atoms with Crippen molar-refractivity contribution in [3.05, 3.63) is 18.3 Å². The van der Waals surface area contributed by atoms with Gasteiger partial charge in [0, 0.05) is 51.1 Å². The largest absolute Gasteiger partial charge is 0.376 e. The van der Waals surface area contributed by atoms with Gasteiger partial charge in [-0.1, -0.05) is 25.2 Å². The summed E-state index contributed by atoms with van der Waals surface area (Å²) in [6, 6.07) is 4.74. The molecular weight excluding hydrogens is 476 g/mol. The van der Waals surface area contributed by atoms with Crippen molar-refractivity contribution in [1.29, 1.82) is 0 Å². The third-order valence-electron chi connectivity index (χ3n) is 7.69. The van der Waals surface area contributed by atoms with Crippen LogP contribution in [0.15, 0.2) is 18.3 Å². The van der Waals surface area contributed by atoms with Gasteiger partial charge >= 0.3 is 0 Å². The van der Waals surface area contributed by atoms with Crippen LogP contribution >= 0.6 is 11.3 Å². The number of nitrogens with one attached hydrogen (secondary N) is 2. The first kappa shape index (κ1) is 25.3. The highest BCUT2D eigenvalue weighted by molar-refractivity contribution is 7.19. The Labute approximate surface area is 217 Å². The second-order valence-electron chi connectivity index (χ2n) is 11.1. The minimum absolute atomic E-state index is 0.0657. The maximum atomic E-state index is 12.8. The lowest BCUT2D eigenvalue weighted by molar-refractivity contribution is -0.119. The standard InChI is InChI=1S/C25H38N8O2S/c1-25(2)9-6-19(7-10-25)32-12-4-14-35-20(17-32)15-22(34)28-24-31-30-23(36-24)27-18-8-13-33(16-18)21-5-3-11-26-29-21/h3,5,11,18-20H,4,6-10,12-17H2,1-2H3,(H,27,30)(H,28,31,34)/t18-,20?/m1/s1. The van der Waals surface area contributed by atoms with E-state index in [2.05, 4.69) is 54.7 Å². The SMILES string of the molecule is CC1(C)CCC(N2CCCOC(CC(=O)Nc3nnc(N[C@@H]4CCN(c5cccnn5)C4)s3)C2)CC1. The first-order valence-corrected chi connectivity index (χ1v) is 14.0. The molecule has 2 N–H and O–H groups in total. The van der Waals surface area contributed by atoms with E-state index >= 15 is 0 Å². The van der Waals surface area contributed by atoms with Crippen LogP contribution < -0.4 is 15.5 Å². The Hall–Kier alpha value is -2.37. The van der Waals surface area contributed by atoms with Crippen molar-refractivity contribution in [2.45, 2.75) is 77.0 Å². The number of amides is 1. The molecule has 2 atom stereocenters. The molecule has 2 aromatic heterocycles. The maximum Gasteiger partial charge on any atom is 0.228 e. The van der Waals surface area contributed by atoms with E-state index in [0.29, 0.717) is 34.7 Å². The molecule has 5 rings (SSSR count). The molecule has 3 fully saturated rings. The predicted octanol–water partition coefficient (Wildman–Crippen LogP) is 3.41. The molecule has 2 saturated heterocycles. The summed E-state index contributed by atoms with van der Waals surface area (Å²) in [5.74, 6) is 0.822. The highest BCUT2D eigenvalue weighted by atomic mass is 32.1. The van der Waals surface area contributed by atoms with Crippen LogP contribution in [0.1, 0.15) is 58.8 Å². The van der Waals surface area contributed by atoms with Gasteiger partial charge in [0.2, 0.25) is 16.2 Å². The molecule has 1 unspecified atom stereocenters. The summed E-state index contributed by atoms with van der Waals surface area (Å²) in [6.45, 7) is 9.09. The zero-order valence-corrected chi connectivity index (χ0v) is 22.2. The highest BCUT2D eigenvalue weighted by Crippen LogP contribution is 2.37. The van der Waals surface area contributed by atoms with Gasteiger partial charge in [-0.25, -0.2) is 0 Å². The number of ether oxygens (including phenoxy) is 1. The second kappa shape index (κ2) is 11.4. The third-order valence-corrected chi connectivity index (χ3v) is 8.46. The molecule has 1 saturated carbocycles. The van der Waals surface area contributed by atoms with Crippen LogP contribution in [0.4, 0.5) is 16.1 Å². The van der Waals surface area contributed by atoms with E-state index in [-0.39, 0.29) is 18.1 Å². The van der Waals surface area contributed by atoms with Crippen LogP contribution in [-0.2, 0) is 9.53 Å². The number of carbonyl (C=O) groups excluding carboxylic acids is 1. The monoisotopic (exact) mass is 514 g/mol. The van der Waals surface area contributed by atoms with Crippen molar-refractivity contribution in [1.82, 2.24) is 25.3 Å². The van der Waals surface area contributed by atoms with Crippen molar-refractivity contribution in [3.63, 3.8) is 0 Å². The van der Waals surface area contributed by atoms with Crippen LogP contribution in [0.25, 0.3) is 0 Å². The quantitative estimate of drug-likeness (QED) is 0.574. The van der Waals surface area contributed by atoms with Crippen molar-refractivity contribution in [2.75, 3.05) is 48.3 Å². The van der Waals surface area contributed by atoms with E-state index in [1.165, 1.54) is 37.0 Å². The topological polar surface area (TPSA) is 108 Å². The molecule has 0 bridgehead atoms. The Balaban J connectivity index is 1.08. The predicted molar refractivity (Wildman–Crippen MR) is 141 cm³/mol. The molecule has 2 aliphatic heterocycles. The average Bonchev–Trinajstić information content (AvgIpc) is 3.44. The second-order valence-corrected chi connectivity index (χ2v) is 12.0. The average molecular weight is 515 g/mol. The van der Waals surface area contributed by atoms with Crippen molar-refractivity contribution in [2.24, 2.45) is 5.41 Å². The molecule has 36 heavy (non-hydrogen) atoms. The van der Waals surface area contributed by atoms with Gasteiger partial charge < -0.3 is 20.3 Å². The lowest BCUT2D eigenvalue weighted by Gasteiger charge is -2.40. The lowest BCUT2D eigenvalue weighted by atomic mass is 9.75. The molecule has 10 nitrogen and oxygen atoms in total. The number of hydrogen-bond donors (Lipinski definition) is 2. The fourth-order valence-electron chi connectivity index (χ4n) is 5.56. The van der Waals surface area contributed by atoms with Crippen LogP contribution in [0.3, 0.4) is 0 Å². The van der Waals surface area contributed by atoms with E-state index in [1.54, 1.807) is 6.20 Å². The van der Waals surface area contributed by atoms with Gasteiger partial charge in [-0.15, -0.1) is 15.3 Å². The summed E-state index contributed by atoms with van der Waals surface area (Å²) in [6.07, 6.45) is 8.96. The Morgan fingerprint density at radius 1 is 1.14 bits per heavy atom. The van der Waals surface area contributed by atoms with Gasteiger partial charge in [-0.3, -0.25) is 9.69 Å². The molecule has 1 aliphatic carbocycles.